The predicted octanol–water partition coefficient (Wildman–Crippen LogP) is 2.06. The average molecular weight is 318 g/mol. The molecule has 0 unspecified atom stereocenters. The van der Waals surface area contributed by atoms with Gasteiger partial charge in [0.05, 0.1) is 17.7 Å². The number of rotatable bonds is 5. The summed E-state index contributed by atoms with van der Waals surface area (Å²) in [5, 5.41) is 12.2. The van der Waals surface area contributed by atoms with Gasteiger partial charge in [-0.05, 0) is 18.9 Å². The highest BCUT2D eigenvalue weighted by Gasteiger charge is 2.35. The molecule has 0 atom stereocenters. The second-order valence-electron chi connectivity index (χ2n) is 5.39. The molecule has 0 radical (unpaired) electrons. The summed E-state index contributed by atoms with van der Waals surface area (Å²) >= 11 is 0. The van der Waals surface area contributed by atoms with E-state index in [2.05, 4.69) is 15.0 Å². The summed E-state index contributed by atoms with van der Waals surface area (Å²) < 4.78 is 40.5. The number of hydrogen-bond acceptors (Lipinski definition) is 4. The van der Waals surface area contributed by atoms with E-state index in [1.165, 1.54) is 12.1 Å². The number of alkyl halides is 3. The summed E-state index contributed by atoms with van der Waals surface area (Å²) in [7, 11) is 0. The van der Waals surface area contributed by atoms with E-state index in [9.17, 15) is 23.1 Å². The largest absolute Gasteiger partial charge is 0.468 e. The lowest BCUT2D eigenvalue weighted by Gasteiger charge is -2.27. The number of carbonyl (C=O) groups excluding carboxylic acids is 1. The van der Waals surface area contributed by atoms with E-state index in [0.717, 1.165) is 19.0 Å². The highest BCUT2D eigenvalue weighted by atomic mass is 19.4. The lowest BCUT2D eigenvalue weighted by atomic mass is 9.98. The molecule has 0 spiro atoms. The lowest BCUT2D eigenvalue weighted by Crippen LogP contribution is -2.49. The molecule has 8 heteroatoms. The van der Waals surface area contributed by atoms with Crippen molar-refractivity contribution in [3.05, 3.63) is 23.9 Å². The van der Waals surface area contributed by atoms with Gasteiger partial charge in [0.25, 0.3) is 5.91 Å². The zero-order valence-electron chi connectivity index (χ0n) is 11.8. The number of aliphatic hydroxyl groups is 1. The maximum Gasteiger partial charge on any atom is 0.422 e. The van der Waals surface area contributed by atoms with E-state index in [1.54, 1.807) is 0 Å². The number of nitrogens with zero attached hydrogens (tertiary/aromatic N) is 1. The van der Waals surface area contributed by atoms with Crippen LogP contribution in [0.15, 0.2) is 18.3 Å². The SMILES string of the molecule is O=C(NC1(CO)CCCC1)c1ccc(OCC(F)(F)F)nc1. The topological polar surface area (TPSA) is 71.5 Å². The molecule has 1 aromatic rings. The third kappa shape index (κ3) is 4.33. The predicted molar refractivity (Wildman–Crippen MR) is 71.5 cm³/mol. The summed E-state index contributed by atoms with van der Waals surface area (Å²) in [4.78, 5) is 15.8. The molecule has 2 N–H and O–H groups in total. The van der Waals surface area contributed by atoms with E-state index in [-0.39, 0.29) is 18.1 Å². The van der Waals surface area contributed by atoms with E-state index in [1.807, 2.05) is 0 Å². The quantitative estimate of drug-likeness (QED) is 0.872. The number of hydrogen-bond donors (Lipinski definition) is 2. The minimum absolute atomic E-state index is 0.140. The van der Waals surface area contributed by atoms with Crippen molar-refractivity contribution in [3.8, 4) is 5.88 Å². The van der Waals surface area contributed by atoms with Crippen molar-refractivity contribution in [3.63, 3.8) is 0 Å². The molecule has 1 saturated carbocycles. The van der Waals surface area contributed by atoms with Gasteiger partial charge >= 0.3 is 6.18 Å². The number of carbonyl (C=O) groups is 1. The number of pyridine rings is 1. The Morgan fingerprint density at radius 2 is 2.05 bits per heavy atom. The molecular formula is C14H17F3N2O3. The van der Waals surface area contributed by atoms with Crippen LogP contribution >= 0.6 is 0 Å². The summed E-state index contributed by atoms with van der Waals surface area (Å²) in [6.07, 6.45) is -0.00765. The van der Waals surface area contributed by atoms with Crippen molar-refractivity contribution < 1.29 is 27.8 Å². The van der Waals surface area contributed by atoms with Gasteiger partial charge in [-0.15, -0.1) is 0 Å². The van der Waals surface area contributed by atoms with Crippen LogP contribution < -0.4 is 10.1 Å². The van der Waals surface area contributed by atoms with E-state index < -0.39 is 24.2 Å². The molecule has 5 nitrogen and oxygen atoms in total. The zero-order chi connectivity index (χ0) is 16.2. The highest BCUT2D eigenvalue weighted by Crippen LogP contribution is 2.29. The molecule has 1 aliphatic carbocycles. The number of amides is 1. The molecule has 22 heavy (non-hydrogen) atoms. The fraction of sp³-hybridized carbons (Fsp3) is 0.571. The summed E-state index contributed by atoms with van der Waals surface area (Å²) in [6.45, 7) is -1.57. The molecule has 1 aliphatic rings. The van der Waals surface area contributed by atoms with Crippen LogP contribution in [-0.4, -0.2) is 40.9 Å². The molecule has 122 valence electrons. The zero-order valence-corrected chi connectivity index (χ0v) is 11.8. The number of halogens is 3. The van der Waals surface area contributed by atoms with Gasteiger partial charge in [0.1, 0.15) is 0 Å². The number of ether oxygens (including phenoxy) is 1. The van der Waals surface area contributed by atoms with E-state index in [0.29, 0.717) is 12.8 Å². The monoisotopic (exact) mass is 318 g/mol. The van der Waals surface area contributed by atoms with Gasteiger partial charge in [0, 0.05) is 12.3 Å². The minimum atomic E-state index is -4.44. The molecule has 0 saturated heterocycles. The number of aliphatic hydroxyl groups excluding tert-OH is 1. The first-order valence-electron chi connectivity index (χ1n) is 6.93. The van der Waals surface area contributed by atoms with Crippen LogP contribution in [0.25, 0.3) is 0 Å². The summed E-state index contributed by atoms with van der Waals surface area (Å²) in [5.41, 5.74) is -0.401. The third-order valence-corrected chi connectivity index (χ3v) is 3.62. The molecular weight excluding hydrogens is 301 g/mol. The van der Waals surface area contributed by atoms with Crippen molar-refractivity contribution in [2.24, 2.45) is 0 Å². The summed E-state index contributed by atoms with van der Waals surface area (Å²) in [5.74, 6) is -0.613. The van der Waals surface area contributed by atoms with Gasteiger partial charge in [-0.1, -0.05) is 12.8 Å². The number of aromatic nitrogens is 1. The highest BCUT2D eigenvalue weighted by molar-refractivity contribution is 5.94. The Morgan fingerprint density at radius 3 is 2.55 bits per heavy atom. The van der Waals surface area contributed by atoms with Gasteiger partial charge in [0.15, 0.2) is 6.61 Å². The Kier molecular flexibility index (Phi) is 4.90. The molecule has 1 aromatic heterocycles. The maximum atomic E-state index is 12.1. The van der Waals surface area contributed by atoms with Crippen LogP contribution in [0.1, 0.15) is 36.0 Å². The second kappa shape index (κ2) is 6.51. The Labute approximate surface area is 125 Å². The minimum Gasteiger partial charge on any atom is -0.468 e. The Hall–Kier alpha value is -1.83. The first kappa shape index (κ1) is 16.5. The normalized spacial score (nSPS) is 17.3. The maximum absolute atomic E-state index is 12.1. The Morgan fingerprint density at radius 1 is 1.36 bits per heavy atom. The first-order valence-corrected chi connectivity index (χ1v) is 6.93. The molecule has 1 heterocycles. The molecule has 1 fully saturated rings. The van der Waals surface area contributed by atoms with Crippen LogP contribution in [0.4, 0.5) is 13.2 Å². The van der Waals surface area contributed by atoms with Gasteiger partial charge < -0.3 is 15.2 Å². The first-order chi connectivity index (χ1) is 10.3. The van der Waals surface area contributed by atoms with Gasteiger partial charge in [-0.2, -0.15) is 13.2 Å². The third-order valence-electron chi connectivity index (χ3n) is 3.62. The van der Waals surface area contributed by atoms with Gasteiger partial charge in [-0.3, -0.25) is 4.79 Å². The molecule has 1 amide bonds. The molecule has 2 rings (SSSR count). The van der Waals surface area contributed by atoms with Crippen molar-refractivity contribution in [1.29, 1.82) is 0 Å². The molecule has 0 aromatic carbocycles. The Bertz CT molecular complexity index is 511. The second-order valence-corrected chi connectivity index (χ2v) is 5.39. The van der Waals surface area contributed by atoms with Gasteiger partial charge in [-0.25, -0.2) is 4.98 Å². The Balaban J connectivity index is 1.96. The van der Waals surface area contributed by atoms with Crippen molar-refractivity contribution in [1.82, 2.24) is 10.3 Å². The fourth-order valence-electron chi connectivity index (χ4n) is 2.44. The lowest BCUT2D eigenvalue weighted by molar-refractivity contribution is -0.154. The molecule has 0 aliphatic heterocycles. The van der Waals surface area contributed by atoms with Crippen LogP contribution in [0.3, 0.4) is 0 Å². The van der Waals surface area contributed by atoms with Crippen LogP contribution in [0.2, 0.25) is 0 Å². The smallest absolute Gasteiger partial charge is 0.422 e. The van der Waals surface area contributed by atoms with Crippen molar-refractivity contribution in [2.75, 3.05) is 13.2 Å². The van der Waals surface area contributed by atoms with Crippen molar-refractivity contribution in [2.45, 2.75) is 37.4 Å². The molecule has 0 bridgehead atoms. The standard InChI is InChI=1S/C14H17F3N2O3/c15-14(16,17)9-22-11-4-3-10(7-18-11)12(21)19-13(8-20)5-1-2-6-13/h3-4,7,20H,1-2,5-6,8-9H2,(H,19,21). The summed E-state index contributed by atoms with van der Waals surface area (Å²) in [6, 6.07) is 2.55. The van der Waals surface area contributed by atoms with Crippen molar-refractivity contribution >= 4 is 5.91 Å². The van der Waals surface area contributed by atoms with E-state index >= 15 is 0 Å². The number of nitrogens with one attached hydrogen (secondary N) is 1. The van der Waals surface area contributed by atoms with Crippen LogP contribution in [0, 0.1) is 0 Å². The van der Waals surface area contributed by atoms with Crippen LogP contribution in [-0.2, 0) is 0 Å². The fourth-order valence-corrected chi connectivity index (χ4v) is 2.44. The van der Waals surface area contributed by atoms with E-state index in [4.69, 9.17) is 0 Å². The van der Waals surface area contributed by atoms with Crippen LogP contribution in [0.5, 0.6) is 5.88 Å². The average Bonchev–Trinajstić information content (AvgIpc) is 2.94. The van der Waals surface area contributed by atoms with Gasteiger partial charge in [0.2, 0.25) is 5.88 Å².